The van der Waals surface area contributed by atoms with E-state index in [1.807, 2.05) is 48.2 Å². The van der Waals surface area contributed by atoms with Crippen LogP contribution in [0.15, 0.2) is 42.6 Å². The van der Waals surface area contributed by atoms with E-state index in [9.17, 15) is 9.90 Å². The first-order valence-electron chi connectivity index (χ1n) is 8.15. The van der Waals surface area contributed by atoms with Crippen molar-refractivity contribution in [2.24, 2.45) is 0 Å². The number of benzene rings is 1. The molecule has 0 aliphatic carbocycles. The molecule has 1 fully saturated rings. The third-order valence-corrected chi connectivity index (χ3v) is 4.60. The van der Waals surface area contributed by atoms with Gasteiger partial charge in [-0.3, -0.25) is 9.78 Å². The number of carbonyl (C=O) groups is 1. The standard InChI is InChI=1S/C19H22N2O2/c1-14-16(18-10-2-4-11-20-18)8-6-9-17(14)19(23)21-12-5-3-7-15(21)13-22/h2,4,6,8-11,15,22H,3,5,7,12-13H2,1H3. The van der Waals surface area contributed by atoms with E-state index in [4.69, 9.17) is 0 Å². The van der Waals surface area contributed by atoms with Gasteiger partial charge in [0.1, 0.15) is 0 Å². The Balaban J connectivity index is 1.95. The predicted octanol–water partition coefficient (Wildman–Crippen LogP) is 3.04. The third-order valence-electron chi connectivity index (χ3n) is 4.60. The molecule has 1 aliphatic heterocycles. The minimum absolute atomic E-state index is 0.0130. The van der Waals surface area contributed by atoms with E-state index in [1.54, 1.807) is 6.20 Å². The zero-order valence-electron chi connectivity index (χ0n) is 13.4. The molecule has 4 nitrogen and oxygen atoms in total. The molecule has 4 heteroatoms. The Hall–Kier alpha value is -2.20. The van der Waals surface area contributed by atoms with Crippen molar-refractivity contribution in [3.8, 4) is 11.3 Å². The van der Waals surface area contributed by atoms with Crippen molar-refractivity contribution in [1.29, 1.82) is 0 Å². The summed E-state index contributed by atoms with van der Waals surface area (Å²) in [5.41, 5.74) is 3.50. The number of amides is 1. The Morgan fingerprint density at radius 1 is 1.26 bits per heavy atom. The van der Waals surface area contributed by atoms with Crippen molar-refractivity contribution >= 4 is 5.91 Å². The van der Waals surface area contributed by atoms with Crippen LogP contribution in [0.1, 0.15) is 35.2 Å². The minimum atomic E-state index is -0.0610. The molecule has 1 N–H and O–H groups in total. The summed E-state index contributed by atoms with van der Waals surface area (Å²) in [7, 11) is 0. The van der Waals surface area contributed by atoms with E-state index in [2.05, 4.69) is 4.98 Å². The summed E-state index contributed by atoms with van der Waals surface area (Å²) in [5, 5.41) is 9.56. The molecule has 0 saturated carbocycles. The maximum Gasteiger partial charge on any atom is 0.254 e. The zero-order valence-corrected chi connectivity index (χ0v) is 13.4. The van der Waals surface area contributed by atoms with Gasteiger partial charge in [0.05, 0.1) is 18.3 Å². The summed E-state index contributed by atoms with van der Waals surface area (Å²) in [4.78, 5) is 19.2. The van der Waals surface area contributed by atoms with E-state index < -0.39 is 0 Å². The molecule has 23 heavy (non-hydrogen) atoms. The van der Waals surface area contributed by atoms with Crippen molar-refractivity contribution in [3.63, 3.8) is 0 Å². The van der Waals surface area contributed by atoms with Gasteiger partial charge in [0.25, 0.3) is 5.91 Å². The Kier molecular flexibility index (Phi) is 4.72. The Labute approximate surface area is 136 Å². The zero-order chi connectivity index (χ0) is 16.2. The number of pyridine rings is 1. The fourth-order valence-electron chi connectivity index (χ4n) is 3.28. The van der Waals surface area contributed by atoms with Crippen molar-refractivity contribution < 1.29 is 9.90 Å². The van der Waals surface area contributed by atoms with E-state index in [0.717, 1.165) is 42.6 Å². The van der Waals surface area contributed by atoms with Crippen LogP contribution in [0.3, 0.4) is 0 Å². The molecule has 120 valence electrons. The molecule has 0 radical (unpaired) electrons. The summed E-state index contributed by atoms with van der Waals surface area (Å²) < 4.78 is 0. The van der Waals surface area contributed by atoms with E-state index in [1.165, 1.54) is 0 Å². The van der Waals surface area contributed by atoms with Crippen LogP contribution in [-0.4, -0.2) is 40.1 Å². The smallest absolute Gasteiger partial charge is 0.254 e. The fourth-order valence-corrected chi connectivity index (χ4v) is 3.28. The average molecular weight is 310 g/mol. The Morgan fingerprint density at radius 3 is 2.87 bits per heavy atom. The summed E-state index contributed by atoms with van der Waals surface area (Å²) in [6, 6.07) is 11.5. The summed E-state index contributed by atoms with van der Waals surface area (Å²) in [6.45, 7) is 2.72. The molecular formula is C19H22N2O2. The second-order valence-corrected chi connectivity index (χ2v) is 6.02. The van der Waals surface area contributed by atoms with Gasteiger partial charge in [-0.15, -0.1) is 0 Å². The van der Waals surface area contributed by atoms with Crippen LogP contribution in [0.25, 0.3) is 11.3 Å². The molecule has 0 bridgehead atoms. The van der Waals surface area contributed by atoms with Gasteiger partial charge >= 0.3 is 0 Å². The van der Waals surface area contributed by atoms with E-state index >= 15 is 0 Å². The van der Waals surface area contributed by atoms with Gasteiger partial charge in [0.2, 0.25) is 0 Å². The number of aliphatic hydroxyl groups excluding tert-OH is 1. The van der Waals surface area contributed by atoms with Gasteiger partial charge in [-0.05, 0) is 49.9 Å². The molecule has 1 atom stereocenters. The number of rotatable bonds is 3. The third kappa shape index (κ3) is 3.13. The fraction of sp³-hybridized carbons (Fsp3) is 0.368. The summed E-state index contributed by atoms with van der Waals surface area (Å²) in [6.07, 6.45) is 4.71. The second kappa shape index (κ2) is 6.92. The van der Waals surface area contributed by atoms with Crippen LogP contribution in [0.2, 0.25) is 0 Å². The highest BCUT2D eigenvalue weighted by Crippen LogP contribution is 2.26. The van der Waals surface area contributed by atoms with E-state index in [0.29, 0.717) is 5.56 Å². The molecule has 2 aromatic rings. The summed E-state index contributed by atoms with van der Waals surface area (Å²) >= 11 is 0. The van der Waals surface area contributed by atoms with Gasteiger partial charge in [0, 0.05) is 23.9 Å². The topological polar surface area (TPSA) is 53.4 Å². The molecule has 2 heterocycles. The number of carbonyl (C=O) groups excluding carboxylic acids is 1. The van der Waals surface area contributed by atoms with Crippen LogP contribution >= 0.6 is 0 Å². The van der Waals surface area contributed by atoms with Crippen molar-refractivity contribution in [2.75, 3.05) is 13.2 Å². The molecule has 1 aromatic heterocycles. The lowest BCUT2D eigenvalue weighted by atomic mass is 9.96. The van der Waals surface area contributed by atoms with Crippen LogP contribution in [-0.2, 0) is 0 Å². The highest BCUT2D eigenvalue weighted by Gasteiger charge is 2.28. The average Bonchev–Trinajstić information content (AvgIpc) is 2.62. The van der Waals surface area contributed by atoms with Gasteiger partial charge in [-0.25, -0.2) is 0 Å². The first-order valence-corrected chi connectivity index (χ1v) is 8.15. The number of hydrogen-bond acceptors (Lipinski definition) is 3. The largest absolute Gasteiger partial charge is 0.394 e. The molecular weight excluding hydrogens is 288 g/mol. The molecule has 0 spiro atoms. The number of nitrogens with zero attached hydrogens (tertiary/aromatic N) is 2. The number of piperidine rings is 1. The number of hydrogen-bond donors (Lipinski definition) is 1. The van der Waals surface area contributed by atoms with Crippen molar-refractivity contribution in [3.05, 3.63) is 53.7 Å². The minimum Gasteiger partial charge on any atom is -0.394 e. The maximum absolute atomic E-state index is 13.0. The van der Waals surface area contributed by atoms with Gasteiger partial charge in [0.15, 0.2) is 0 Å². The highest BCUT2D eigenvalue weighted by atomic mass is 16.3. The van der Waals surface area contributed by atoms with Gasteiger partial charge in [-0.1, -0.05) is 18.2 Å². The first-order chi connectivity index (χ1) is 11.2. The summed E-state index contributed by atoms with van der Waals surface area (Å²) in [5.74, 6) is 0.0130. The van der Waals surface area contributed by atoms with Crippen LogP contribution in [0.5, 0.6) is 0 Å². The maximum atomic E-state index is 13.0. The number of aromatic nitrogens is 1. The van der Waals surface area contributed by atoms with Crippen LogP contribution in [0, 0.1) is 6.92 Å². The molecule has 1 aromatic carbocycles. The first kappa shape index (κ1) is 15.7. The molecule has 3 rings (SSSR count). The quantitative estimate of drug-likeness (QED) is 0.948. The highest BCUT2D eigenvalue weighted by molar-refractivity contribution is 5.97. The second-order valence-electron chi connectivity index (χ2n) is 6.02. The molecule has 1 aliphatic rings. The van der Waals surface area contributed by atoms with Gasteiger partial charge in [-0.2, -0.15) is 0 Å². The van der Waals surface area contributed by atoms with Crippen molar-refractivity contribution in [2.45, 2.75) is 32.2 Å². The predicted molar refractivity (Wildman–Crippen MR) is 90.2 cm³/mol. The number of likely N-dealkylation sites (tertiary alicyclic amines) is 1. The van der Waals surface area contributed by atoms with E-state index in [-0.39, 0.29) is 18.6 Å². The Morgan fingerprint density at radius 2 is 2.13 bits per heavy atom. The van der Waals surface area contributed by atoms with Crippen LogP contribution in [0.4, 0.5) is 0 Å². The Bertz CT molecular complexity index is 685. The van der Waals surface area contributed by atoms with Crippen LogP contribution < -0.4 is 0 Å². The monoisotopic (exact) mass is 310 g/mol. The normalized spacial score (nSPS) is 18.0. The molecule has 1 amide bonds. The lowest BCUT2D eigenvalue weighted by Gasteiger charge is -2.35. The molecule has 1 unspecified atom stereocenters. The lowest BCUT2D eigenvalue weighted by Crippen LogP contribution is -2.45. The molecule has 1 saturated heterocycles. The van der Waals surface area contributed by atoms with Crippen molar-refractivity contribution in [1.82, 2.24) is 9.88 Å². The SMILES string of the molecule is Cc1c(C(=O)N2CCCCC2CO)cccc1-c1ccccn1. The lowest BCUT2D eigenvalue weighted by molar-refractivity contribution is 0.0502. The number of aliphatic hydroxyl groups is 1. The van der Waals surface area contributed by atoms with Gasteiger partial charge < -0.3 is 10.0 Å².